The standard InChI is InChI=1S/C12H28NO15P3.5Na/c13-5-3-1-2-4-6-25-31(23,24)28-12-8(15)10(26-29(17,18)19)7(14)11(9(12)16)27-30(20,21)22;;;;;/h7-12,14-16H,1-6,13H2,(H,23,24)(H2,17,18,19)(H2,20,21,22);;;;;/q;5*+1/p-5/t7?,8-,9-,10-,11+,12?;;;;;/m1...../s1. The van der Waals surface area contributed by atoms with Crippen molar-refractivity contribution in [2.24, 2.45) is 5.73 Å². The van der Waals surface area contributed by atoms with Gasteiger partial charge in [-0.3, -0.25) is 4.57 Å². The quantitative estimate of drug-likeness (QED) is 0.0835. The summed E-state index contributed by atoms with van der Waals surface area (Å²) in [6, 6.07) is 0. The molecule has 1 aliphatic carbocycles. The zero-order valence-electron chi connectivity index (χ0n) is 20.9. The van der Waals surface area contributed by atoms with E-state index >= 15 is 0 Å². The Bertz CT molecular complexity index is 680. The second kappa shape index (κ2) is 23.5. The van der Waals surface area contributed by atoms with E-state index in [1.807, 2.05) is 0 Å². The van der Waals surface area contributed by atoms with Crippen LogP contribution in [0, 0.1) is 0 Å². The van der Waals surface area contributed by atoms with Gasteiger partial charge < -0.3 is 72.7 Å². The minimum Gasteiger partial charge on any atom is -0.790 e. The Balaban J connectivity index is -0.000000641. The van der Waals surface area contributed by atoms with Crippen LogP contribution in [0.3, 0.4) is 0 Å². The zero-order valence-corrected chi connectivity index (χ0v) is 33.5. The normalized spacial score (nSPS) is 27.6. The van der Waals surface area contributed by atoms with Crippen LogP contribution in [0.5, 0.6) is 0 Å². The maximum atomic E-state index is 12.0. The van der Waals surface area contributed by atoms with E-state index in [4.69, 9.17) is 5.73 Å². The topological polar surface area (TPSA) is 290 Å². The Morgan fingerprint density at radius 3 is 1.28 bits per heavy atom. The number of aliphatic hydroxyl groups is 3. The maximum absolute atomic E-state index is 12.0. The molecule has 36 heavy (non-hydrogen) atoms. The summed E-state index contributed by atoms with van der Waals surface area (Å²) in [5.41, 5.74) is 5.31. The van der Waals surface area contributed by atoms with Gasteiger partial charge in [-0.2, -0.15) is 0 Å². The van der Waals surface area contributed by atoms with Crippen LogP contribution in [0.2, 0.25) is 0 Å². The van der Waals surface area contributed by atoms with Crippen molar-refractivity contribution in [2.45, 2.75) is 62.3 Å². The van der Waals surface area contributed by atoms with Gasteiger partial charge in [0.25, 0.3) is 7.82 Å². The number of phosphoric ester groups is 3. The maximum Gasteiger partial charge on any atom is 1.00 e. The summed E-state index contributed by atoms with van der Waals surface area (Å²) in [5, 5.41) is 30.2. The second-order valence-corrected chi connectivity index (χ2v) is 10.1. The van der Waals surface area contributed by atoms with Gasteiger partial charge in [-0.1, -0.05) is 12.8 Å². The van der Waals surface area contributed by atoms with Crippen LogP contribution < -0.4 is 178 Å². The molecule has 1 saturated carbocycles. The molecule has 186 valence electrons. The molecule has 0 saturated heterocycles. The summed E-state index contributed by atoms with van der Waals surface area (Å²) < 4.78 is 50.5. The second-order valence-electron chi connectivity index (χ2n) is 6.56. The third kappa shape index (κ3) is 20.2. The van der Waals surface area contributed by atoms with E-state index in [0.29, 0.717) is 25.8 Å². The number of rotatable bonds is 13. The summed E-state index contributed by atoms with van der Waals surface area (Å²) in [7, 11) is -17.2. The first-order valence-corrected chi connectivity index (χ1v) is 13.3. The summed E-state index contributed by atoms with van der Waals surface area (Å²) >= 11 is 0. The summed E-state index contributed by atoms with van der Waals surface area (Å²) in [4.78, 5) is 55.4. The van der Waals surface area contributed by atoms with E-state index in [2.05, 4.69) is 18.1 Å². The molecule has 0 aromatic rings. The van der Waals surface area contributed by atoms with Gasteiger partial charge in [0.1, 0.15) is 36.6 Å². The van der Waals surface area contributed by atoms with Crippen molar-refractivity contribution in [3.8, 4) is 0 Å². The fraction of sp³-hybridized carbons (Fsp3) is 1.00. The van der Waals surface area contributed by atoms with Crippen molar-refractivity contribution in [1.82, 2.24) is 0 Å². The number of nitrogens with two attached hydrogens (primary N) is 1. The molecule has 0 heterocycles. The largest absolute Gasteiger partial charge is 1.00 e. The van der Waals surface area contributed by atoms with E-state index in [9.17, 15) is 53.5 Å². The SMILES string of the molecule is NCCCCCCOP(=O)([O-])OC1[C@H](O)[C@H](OP(=O)([O-])[O-])C(O)[C@H](OP(=O)([O-])[O-])[C@H]1O.[Na+].[Na+].[Na+].[Na+].[Na+]. The van der Waals surface area contributed by atoms with E-state index in [0.717, 1.165) is 0 Å². The van der Waals surface area contributed by atoms with Crippen LogP contribution in [0.25, 0.3) is 0 Å². The molecule has 3 unspecified atom stereocenters. The van der Waals surface area contributed by atoms with E-state index in [-0.39, 0.29) is 161 Å². The number of phosphoric acid groups is 3. The van der Waals surface area contributed by atoms with Crippen molar-refractivity contribution in [2.75, 3.05) is 13.2 Å². The van der Waals surface area contributed by atoms with Gasteiger partial charge in [-0.25, -0.2) is 0 Å². The average Bonchev–Trinajstić information content (AvgIpc) is 2.61. The number of hydrogen-bond donors (Lipinski definition) is 4. The van der Waals surface area contributed by atoms with Gasteiger partial charge in [-0.05, 0) is 19.4 Å². The van der Waals surface area contributed by atoms with Crippen molar-refractivity contribution in [1.29, 1.82) is 0 Å². The first-order chi connectivity index (χ1) is 14.1. The Kier molecular flexibility index (Phi) is 33.2. The van der Waals surface area contributed by atoms with Gasteiger partial charge in [-0.15, -0.1) is 0 Å². The van der Waals surface area contributed by atoms with Crippen molar-refractivity contribution >= 4 is 23.5 Å². The summed E-state index contributed by atoms with van der Waals surface area (Å²) in [6.07, 6.45) is -12.9. The third-order valence-corrected chi connectivity index (χ3v) is 6.12. The third-order valence-electron chi connectivity index (χ3n) is 4.12. The van der Waals surface area contributed by atoms with Gasteiger partial charge >= 0.3 is 148 Å². The Labute approximate surface area is 319 Å². The van der Waals surface area contributed by atoms with Gasteiger partial charge in [0.15, 0.2) is 0 Å². The molecular weight excluding hydrogens is 606 g/mol. The number of hydrogen-bond acceptors (Lipinski definition) is 16. The first kappa shape index (κ1) is 50.8. The number of unbranched alkanes of at least 4 members (excludes halogenated alkanes) is 3. The minimum atomic E-state index is -5.94. The first-order valence-electron chi connectivity index (χ1n) is 8.87. The molecule has 16 nitrogen and oxygen atoms in total. The predicted molar refractivity (Wildman–Crippen MR) is 88.9 cm³/mol. The summed E-state index contributed by atoms with van der Waals surface area (Å²) in [6.45, 7) is 0.0679. The Morgan fingerprint density at radius 1 is 0.611 bits per heavy atom. The predicted octanol–water partition coefficient (Wildman–Crippen LogP) is -20.1. The van der Waals surface area contributed by atoms with Crippen molar-refractivity contribution in [3.63, 3.8) is 0 Å². The van der Waals surface area contributed by atoms with Gasteiger partial charge in [0, 0.05) is 0 Å². The molecule has 0 aliphatic heterocycles. The summed E-state index contributed by atoms with van der Waals surface area (Å²) in [5.74, 6) is 0. The fourth-order valence-corrected chi connectivity index (χ4v) is 4.85. The van der Waals surface area contributed by atoms with Crippen LogP contribution >= 0.6 is 23.5 Å². The molecule has 0 aromatic carbocycles. The molecule has 0 spiro atoms. The molecule has 0 aromatic heterocycles. The molecule has 0 radical (unpaired) electrons. The Morgan fingerprint density at radius 2 is 0.944 bits per heavy atom. The molecule has 5 N–H and O–H groups in total. The smallest absolute Gasteiger partial charge is 0.790 e. The molecular formula is C12H23NNa5O15P3. The fourth-order valence-electron chi connectivity index (χ4n) is 2.79. The van der Waals surface area contributed by atoms with Crippen LogP contribution in [-0.2, 0) is 31.8 Å². The van der Waals surface area contributed by atoms with Gasteiger partial charge in [0.05, 0.1) is 22.3 Å². The molecule has 1 aliphatic rings. The molecule has 24 heteroatoms. The molecule has 0 bridgehead atoms. The van der Waals surface area contributed by atoms with E-state index in [1.54, 1.807) is 0 Å². The zero-order chi connectivity index (χ0) is 24.0. The Hall–Kier alpha value is 5.17. The molecule has 1 rings (SSSR count). The van der Waals surface area contributed by atoms with E-state index < -0.39 is 60.1 Å². The molecule has 0 amide bonds. The number of aliphatic hydroxyl groups excluding tert-OH is 3. The van der Waals surface area contributed by atoms with Crippen LogP contribution in [0.15, 0.2) is 0 Å². The minimum absolute atomic E-state index is 0. The van der Waals surface area contributed by atoms with Crippen molar-refractivity contribution < 1.29 is 219 Å². The van der Waals surface area contributed by atoms with Crippen LogP contribution in [0.1, 0.15) is 25.7 Å². The average molecular weight is 629 g/mol. The van der Waals surface area contributed by atoms with E-state index in [1.165, 1.54) is 0 Å². The van der Waals surface area contributed by atoms with Crippen LogP contribution in [-0.4, -0.2) is 65.1 Å². The molecule has 1 fully saturated rings. The molecule has 7 atom stereocenters. The van der Waals surface area contributed by atoms with Crippen molar-refractivity contribution in [3.05, 3.63) is 0 Å². The monoisotopic (exact) mass is 629 g/mol. The van der Waals surface area contributed by atoms with Crippen LogP contribution in [0.4, 0.5) is 0 Å². The van der Waals surface area contributed by atoms with Gasteiger partial charge in [0.2, 0.25) is 0 Å².